The number of hydrogen-bond acceptors (Lipinski definition) is 6. The molecule has 0 spiro atoms. The van der Waals surface area contributed by atoms with Gasteiger partial charge < -0.3 is 14.2 Å². The van der Waals surface area contributed by atoms with Gasteiger partial charge in [0.05, 0.1) is 26.9 Å². The van der Waals surface area contributed by atoms with Crippen molar-refractivity contribution >= 4 is 28.8 Å². The predicted molar refractivity (Wildman–Crippen MR) is 67.6 cm³/mol. The zero-order valence-corrected chi connectivity index (χ0v) is 11.4. The fourth-order valence-corrected chi connectivity index (χ4v) is 2.42. The lowest BCUT2D eigenvalue weighted by atomic mass is 10.1. The van der Waals surface area contributed by atoms with Crippen LogP contribution in [0.3, 0.4) is 0 Å². The zero-order chi connectivity index (χ0) is 13.7. The molecule has 0 aromatic carbocycles. The van der Waals surface area contributed by atoms with Crippen LogP contribution in [0.4, 0.5) is 0 Å². The van der Waals surface area contributed by atoms with Gasteiger partial charge in [-0.05, 0) is 6.92 Å². The molecule has 0 saturated carbocycles. The van der Waals surface area contributed by atoms with Gasteiger partial charge in [-0.1, -0.05) is 0 Å². The van der Waals surface area contributed by atoms with Crippen LogP contribution in [0.5, 0.6) is 5.75 Å². The van der Waals surface area contributed by atoms with Gasteiger partial charge in [-0.15, -0.1) is 11.3 Å². The van der Waals surface area contributed by atoms with Crippen molar-refractivity contribution in [2.75, 3.05) is 21.3 Å². The number of esters is 2. The van der Waals surface area contributed by atoms with Crippen LogP contribution < -0.4 is 4.74 Å². The molecule has 6 heteroatoms. The zero-order valence-electron chi connectivity index (χ0n) is 10.6. The van der Waals surface area contributed by atoms with E-state index in [9.17, 15) is 9.59 Å². The summed E-state index contributed by atoms with van der Waals surface area (Å²) in [5.41, 5.74) is 0.943. The summed E-state index contributed by atoms with van der Waals surface area (Å²) < 4.78 is 14.3. The minimum Gasteiger partial charge on any atom is -0.496 e. The van der Waals surface area contributed by atoms with Gasteiger partial charge in [-0.3, -0.25) is 0 Å². The number of thiophene rings is 1. The lowest BCUT2D eigenvalue weighted by molar-refractivity contribution is -0.136. The summed E-state index contributed by atoms with van der Waals surface area (Å²) in [5, 5.41) is 1.76. The molecule has 1 aromatic rings. The van der Waals surface area contributed by atoms with Crippen molar-refractivity contribution in [3.63, 3.8) is 0 Å². The van der Waals surface area contributed by atoms with Crippen molar-refractivity contribution in [2.45, 2.75) is 6.92 Å². The quantitative estimate of drug-likeness (QED) is 0.616. The van der Waals surface area contributed by atoms with E-state index in [1.807, 2.05) is 0 Å². The lowest BCUT2D eigenvalue weighted by Crippen LogP contribution is -2.07. The average Bonchev–Trinajstić information content (AvgIpc) is 2.75. The number of ether oxygens (including phenoxy) is 3. The maximum Gasteiger partial charge on any atom is 0.339 e. The highest BCUT2D eigenvalue weighted by molar-refractivity contribution is 7.12. The molecular weight excluding hydrogens is 256 g/mol. The van der Waals surface area contributed by atoms with Crippen molar-refractivity contribution in [1.82, 2.24) is 0 Å². The van der Waals surface area contributed by atoms with Gasteiger partial charge in [0.15, 0.2) is 0 Å². The van der Waals surface area contributed by atoms with Gasteiger partial charge >= 0.3 is 11.9 Å². The van der Waals surface area contributed by atoms with E-state index < -0.39 is 11.9 Å². The maximum absolute atomic E-state index is 11.7. The fraction of sp³-hybridized carbons (Fsp3) is 0.333. The van der Waals surface area contributed by atoms with E-state index in [2.05, 4.69) is 9.47 Å². The first-order valence-corrected chi connectivity index (χ1v) is 5.93. The van der Waals surface area contributed by atoms with Gasteiger partial charge in [0.1, 0.15) is 5.75 Å². The molecule has 98 valence electrons. The van der Waals surface area contributed by atoms with E-state index in [0.717, 1.165) is 11.6 Å². The monoisotopic (exact) mass is 270 g/mol. The van der Waals surface area contributed by atoms with Crippen LogP contribution in [0.2, 0.25) is 0 Å². The highest BCUT2D eigenvalue weighted by atomic mass is 32.1. The number of carbonyl (C=O) groups excluding carboxylic acids is 2. The van der Waals surface area contributed by atoms with Crippen molar-refractivity contribution in [3.8, 4) is 5.75 Å². The summed E-state index contributed by atoms with van der Waals surface area (Å²) in [6.45, 7) is 1.80. The van der Waals surface area contributed by atoms with E-state index in [1.165, 1.54) is 25.6 Å². The maximum atomic E-state index is 11.7. The Labute approximate surface area is 109 Å². The van der Waals surface area contributed by atoms with Gasteiger partial charge in [-0.2, -0.15) is 0 Å². The first-order chi connectivity index (χ1) is 8.54. The van der Waals surface area contributed by atoms with Crippen LogP contribution in [0.1, 0.15) is 10.4 Å². The van der Waals surface area contributed by atoms with Crippen molar-refractivity contribution in [2.24, 2.45) is 0 Å². The molecule has 0 bridgehead atoms. The molecule has 0 aliphatic heterocycles. The number of carbonyl (C=O) groups is 2. The van der Waals surface area contributed by atoms with Crippen molar-refractivity contribution in [3.05, 3.63) is 21.9 Å². The number of hydrogen-bond donors (Lipinski definition) is 0. The Balaban J connectivity index is 3.26. The predicted octanol–water partition coefficient (Wildman–Crippen LogP) is 1.79. The van der Waals surface area contributed by atoms with Crippen LogP contribution in [0.15, 0.2) is 11.5 Å². The fourth-order valence-electron chi connectivity index (χ4n) is 1.37. The molecule has 1 aromatic heterocycles. The van der Waals surface area contributed by atoms with E-state index >= 15 is 0 Å². The summed E-state index contributed by atoms with van der Waals surface area (Å²) in [5.74, 6) is -0.537. The molecule has 0 amide bonds. The molecule has 1 rings (SSSR count). The Bertz CT molecular complexity index is 487. The summed E-state index contributed by atoms with van der Waals surface area (Å²) in [4.78, 5) is 23.6. The minimum atomic E-state index is -0.609. The topological polar surface area (TPSA) is 61.8 Å². The van der Waals surface area contributed by atoms with Crippen LogP contribution in [0, 0.1) is 6.92 Å². The molecule has 0 N–H and O–H groups in total. The number of methoxy groups -OCH3 is 3. The standard InChI is InChI=1S/C12H14O5S/c1-7-9(15-2)6-18-11(7)8(12(14)17-4)5-10(13)16-3/h5-6H,1-4H3/b8-5-. The van der Waals surface area contributed by atoms with E-state index in [-0.39, 0.29) is 5.57 Å². The summed E-state index contributed by atoms with van der Waals surface area (Å²) in [6, 6.07) is 0. The Morgan fingerprint density at radius 2 is 1.89 bits per heavy atom. The number of rotatable bonds is 4. The molecule has 0 unspecified atom stereocenters. The Morgan fingerprint density at radius 3 is 2.33 bits per heavy atom. The third-order valence-electron chi connectivity index (χ3n) is 2.33. The molecule has 1 heterocycles. The second-order valence-corrected chi connectivity index (χ2v) is 4.21. The van der Waals surface area contributed by atoms with Gasteiger partial charge in [0.2, 0.25) is 0 Å². The van der Waals surface area contributed by atoms with E-state index in [4.69, 9.17) is 4.74 Å². The largest absolute Gasteiger partial charge is 0.496 e. The van der Waals surface area contributed by atoms with Crippen molar-refractivity contribution < 1.29 is 23.8 Å². The molecule has 0 saturated heterocycles. The van der Waals surface area contributed by atoms with Crippen LogP contribution in [0.25, 0.3) is 5.57 Å². The SMILES string of the molecule is COC(=O)/C=C(\C(=O)OC)c1scc(OC)c1C. The lowest BCUT2D eigenvalue weighted by Gasteiger charge is -2.05. The molecular formula is C12H14O5S. The first kappa shape index (κ1) is 14.2. The molecule has 5 nitrogen and oxygen atoms in total. The molecule has 0 aliphatic carbocycles. The first-order valence-electron chi connectivity index (χ1n) is 5.05. The molecule has 18 heavy (non-hydrogen) atoms. The second-order valence-electron chi connectivity index (χ2n) is 3.33. The second kappa shape index (κ2) is 6.20. The summed E-state index contributed by atoms with van der Waals surface area (Å²) in [7, 11) is 4.05. The van der Waals surface area contributed by atoms with Crippen LogP contribution in [-0.2, 0) is 19.1 Å². The van der Waals surface area contributed by atoms with Crippen LogP contribution in [-0.4, -0.2) is 33.3 Å². The highest BCUT2D eigenvalue weighted by Gasteiger charge is 2.20. The molecule has 0 aliphatic rings. The minimum absolute atomic E-state index is 0.162. The Morgan fingerprint density at radius 1 is 1.22 bits per heavy atom. The smallest absolute Gasteiger partial charge is 0.339 e. The summed E-state index contributed by atoms with van der Waals surface area (Å²) in [6.07, 6.45) is 1.12. The Kier molecular flexibility index (Phi) is 4.91. The van der Waals surface area contributed by atoms with Gasteiger partial charge in [-0.25, -0.2) is 9.59 Å². The Hall–Kier alpha value is -1.82. The average molecular weight is 270 g/mol. The highest BCUT2D eigenvalue weighted by Crippen LogP contribution is 2.34. The third-order valence-corrected chi connectivity index (χ3v) is 3.42. The third kappa shape index (κ3) is 2.89. The van der Waals surface area contributed by atoms with E-state index in [1.54, 1.807) is 19.4 Å². The summed E-state index contributed by atoms with van der Waals surface area (Å²) >= 11 is 1.30. The van der Waals surface area contributed by atoms with Crippen LogP contribution >= 0.6 is 11.3 Å². The molecule has 0 atom stereocenters. The molecule has 0 fully saturated rings. The van der Waals surface area contributed by atoms with Gasteiger partial charge in [0.25, 0.3) is 0 Å². The molecule has 0 radical (unpaired) electrons. The normalized spacial score (nSPS) is 11.0. The van der Waals surface area contributed by atoms with Crippen molar-refractivity contribution in [1.29, 1.82) is 0 Å². The van der Waals surface area contributed by atoms with Gasteiger partial charge in [0, 0.05) is 21.9 Å². The van der Waals surface area contributed by atoms with E-state index in [0.29, 0.717) is 10.6 Å².